The highest BCUT2D eigenvalue weighted by Crippen LogP contribution is 2.35. The minimum atomic E-state index is -1.01. The average molecular weight is 393 g/mol. The van der Waals surface area contributed by atoms with Crippen molar-refractivity contribution < 1.29 is 9.90 Å². The zero-order valence-electron chi connectivity index (χ0n) is 14.6. The minimum Gasteiger partial charge on any atom is -0.480 e. The first-order valence-corrected chi connectivity index (χ1v) is 8.88. The first kappa shape index (κ1) is 18.5. The van der Waals surface area contributed by atoms with Crippen LogP contribution in [0.25, 0.3) is 21.8 Å². The van der Waals surface area contributed by atoms with Crippen LogP contribution >= 0.6 is 23.2 Å². The normalized spacial score (nSPS) is 11.3. The van der Waals surface area contributed by atoms with Crippen molar-refractivity contribution >= 4 is 56.7 Å². The summed E-state index contributed by atoms with van der Waals surface area (Å²) in [6.07, 6.45) is 0.671. The zero-order valence-corrected chi connectivity index (χ0v) is 16.1. The van der Waals surface area contributed by atoms with Gasteiger partial charge in [-0.3, -0.25) is 9.59 Å². The van der Waals surface area contributed by atoms with E-state index in [0.29, 0.717) is 44.0 Å². The first-order chi connectivity index (χ1) is 12.3. The van der Waals surface area contributed by atoms with Gasteiger partial charge in [0.05, 0.1) is 21.7 Å². The average Bonchev–Trinajstić information content (AvgIpc) is 2.57. The Balaban J connectivity index is 2.65. The number of carboxylic acid groups (broad SMARTS) is 1. The van der Waals surface area contributed by atoms with E-state index in [1.165, 1.54) is 0 Å². The summed E-state index contributed by atoms with van der Waals surface area (Å²) in [7, 11) is 3.61. The molecule has 0 bridgehead atoms. The summed E-state index contributed by atoms with van der Waals surface area (Å²) in [6, 6.07) is 6.70. The van der Waals surface area contributed by atoms with Crippen LogP contribution in [-0.4, -0.2) is 29.7 Å². The lowest BCUT2D eigenvalue weighted by Crippen LogP contribution is -2.20. The van der Waals surface area contributed by atoms with Crippen molar-refractivity contribution in [1.29, 1.82) is 0 Å². The molecule has 0 aliphatic heterocycles. The maximum atomic E-state index is 13.1. The third kappa shape index (κ3) is 2.91. The number of benzene rings is 2. The first-order valence-electron chi connectivity index (χ1n) is 8.12. The number of pyridine rings is 1. The summed E-state index contributed by atoms with van der Waals surface area (Å²) < 4.78 is 1.63. The van der Waals surface area contributed by atoms with E-state index in [1.807, 2.05) is 6.92 Å². The van der Waals surface area contributed by atoms with Crippen LogP contribution in [0.3, 0.4) is 0 Å². The molecule has 7 heteroatoms. The number of rotatable bonds is 4. The summed E-state index contributed by atoms with van der Waals surface area (Å²) in [5.74, 6) is -1.01. The number of nitrogens with zero attached hydrogens (tertiary/aromatic N) is 2. The molecule has 3 rings (SSSR count). The molecule has 0 saturated carbocycles. The molecule has 0 amide bonds. The summed E-state index contributed by atoms with van der Waals surface area (Å²) in [6.45, 7) is 1.66. The number of aliphatic carboxylic acids is 1. The fraction of sp³-hybridized carbons (Fsp3) is 0.263. The van der Waals surface area contributed by atoms with Gasteiger partial charge >= 0.3 is 5.97 Å². The fourth-order valence-electron chi connectivity index (χ4n) is 3.28. The molecule has 2 aromatic carbocycles. The van der Waals surface area contributed by atoms with E-state index in [9.17, 15) is 14.7 Å². The van der Waals surface area contributed by atoms with Gasteiger partial charge in [0.2, 0.25) is 0 Å². The summed E-state index contributed by atoms with van der Waals surface area (Å²) in [5, 5.41) is 11.2. The van der Waals surface area contributed by atoms with Gasteiger partial charge in [-0.2, -0.15) is 0 Å². The van der Waals surface area contributed by atoms with Crippen LogP contribution < -0.4 is 10.3 Å². The second kappa shape index (κ2) is 6.82. The van der Waals surface area contributed by atoms with Gasteiger partial charge < -0.3 is 14.6 Å². The van der Waals surface area contributed by atoms with Crippen LogP contribution in [0.5, 0.6) is 0 Å². The molecule has 5 nitrogen and oxygen atoms in total. The largest absolute Gasteiger partial charge is 0.480 e. The number of carbonyl (C=O) groups is 1. The van der Waals surface area contributed by atoms with E-state index in [-0.39, 0.29) is 12.0 Å². The van der Waals surface area contributed by atoms with Gasteiger partial charge in [0.1, 0.15) is 6.54 Å². The van der Waals surface area contributed by atoms with Crippen LogP contribution in [0.2, 0.25) is 10.0 Å². The van der Waals surface area contributed by atoms with E-state index in [2.05, 4.69) is 0 Å². The van der Waals surface area contributed by atoms with Gasteiger partial charge in [-0.15, -0.1) is 0 Å². The number of hydrogen-bond acceptors (Lipinski definition) is 3. The van der Waals surface area contributed by atoms with Gasteiger partial charge in [-0.1, -0.05) is 30.1 Å². The number of aryl methyl sites for hydroxylation is 1. The molecule has 1 N–H and O–H groups in total. The van der Waals surface area contributed by atoms with Gasteiger partial charge in [-0.25, -0.2) is 0 Å². The van der Waals surface area contributed by atoms with Crippen molar-refractivity contribution in [1.82, 2.24) is 4.57 Å². The van der Waals surface area contributed by atoms with E-state index in [0.717, 1.165) is 5.56 Å². The Kier molecular flexibility index (Phi) is 4.86. The number of carboxylic acids is 1. The van der Waals surface area contributed by atoms with Crippen LogP contribution in [0, 0.1) is 0 Å². The standard InChI is InChI=1S/C19H18Cl2N2O3/c1-4-10-7-15-12(8-14(10)21)19(26)11-5-6-13(20)18(22(2)3)17(11)23(15)9-16(24)25/h5-8H,4,9H2,1-3H3,(H,24,25). The molecule has 0 spiro atoms. The molecule has 0 atom stereocenters. The van der Waals surface area contributed by atoms with Crippen LogP contribution in [-0.2, 0) is 17.8 Å². The van der Waals surface area contributed by atoms with Crippen LogP contribution in [0.4, 0.5) is 5.69 Å². The van der Waals surface area contributed by atoms with Crippen molar-refractivity contribution in [3.05, 3.63) is 50.1 Å². The SMILES string of the molecule is CCc1cc2c(cc1Cl)c(=O)c1ccc(Cl)c(N(C)C)c1n2CC(=O)O. The van der Waals surface area contributed by atoms with Crippen molar-refractivity contribution in [2.24, 2.45) is 0 Å². The Labute approximate surface area is 160 Å². The van der Waals surface area contributed by atoms with Crippen molar-refractivity contribution in [3.63, 3.8) is 0 Å². The molecule has 3 aromatic rings. The van der Waals surface area contributed by atoms with Crippen molar-refractivity contribution in [2.75, 3.05) is 19.0 Å². The van der Waals surface area contributed by atoms with Gasteiger partial charge in [0.25, 0.3) is 0 Å². The number of hydrogen-bond donors (Lipinski definition) is 1. The molecule has 0 fully saturated rings. The maximum absolute atomic E-state index is 13.1. The Hall–Kier alpha value is -2.24. The molecular weight excluding hydrogens is 375 g/mol. The third-order valence-electron chi connectivity index (χ3n) is 4.44. The quantitative estimate of drug-likeness (QED) is 0.676. The minimum absolute atomic E-state index is 0.194. The lowest BCUT2D eigenvalue weighted by Gasteiger charge is -2.22. The molecule has 0 radical (unpaired) electrons. The lowest BCUT2D eigenvalue weighted by molar-refractivity contribution is -0.137. The Bertz CT molecular complexity index is 1100. The lowest BCUT2D eigenvalue weighted by atomic mass is 10.0. The van der Waals surface area contributed by atoms with Crippen LogP contribution in [0.1, 0.15) is 12.5 Å². The molecule has 136 valence electrons. The zero-order chi connectivity index (χ0) is 19.2. The highest BCUT2D eigenvalue weighted by atomic mass is 35.5. The summed E-state index contributed by atoms with van der Waals surface area (Å²) in [4.78, 5) is 26.4. The summed E-state index contributed by atoms with van der Waals surface area (Å²) in [5.41, 5.74) is 2.31. The summed E-state index contributed by atoms with van der Waals surface area (Å²) >= 11 is 12.7. The molecule has 26 heavy (non-hydrogen) atoms. The Morgan fingerprint density at radius 2 is 1.85 bits per heavy atom. The Morgan fingerprint density at radius 3 is 2.42 bits per heavy atom. The smallest absolute Gasteiger partial charge is 0.323 e. The van der Waals surface area contributed by atoms with E-state index in [4.69, 9.17) is 23.2 Å². The molecule has 1 aromatic heterocycles. The second-order valence-electron chi connectivity index (χ2n) is 6.31. The molecule has 0 unspecified atom stereocenters. The number of fused-ring (bicyclic) bond motifs is 2. The predicted molar refractivity (Wildman–Crippen MR) is 107 cm³/mol. The molecule has 0 aliphatic carbocycles. The third-order valence-corrected chi connectivity index (χ3v) is 5.09. The number of anilines is 1. The van der Waals surface area contributed by atoms with Gasteiger partial charge in [0, 0.05) is 29.9 Å². The van der Waals surface area contributed by atoms with E-state index < -0.39 is 5.97 Å². The van der Waals surface area contributed by atoms with E-state index in [1.54, 1.807) is 47.8 Å². The predicted octanol–water partition coefficient (Wildman–Crippen LogP) is 4.17. The van der Waals surface area contributed by atoms with Gasteiger partial charge in [0.15, 0.2) is 5.43 Å². The molecule has 0 saturated heterocycles. The second-order valence-corrected chi connectivity index (χ2v) is 7.12. The molecule has 0 aliphatic rings. The van der Waals surface area contributed by atoms with Crippen molar-refractivity contribution in [2.45, 2.75) is 19.9 Å². The molecule has 1 heterocycles. The van der Waals surface area contributed by atoms with E-state index >= 15 is 0 Å². The number of halogens is 2. The molecular formula is C19H18Cl2N2O3. The highest BCUT2D eigenvalue weighted by Gasteiger charge is 2.20. The number of aromatic nitrogens is 1. The Morgan fingerprint density at radius 1 is 1.15 bits per heavy atom. The van der Waals surface area contributed by atoms with Crippen LogP contribution in [0.15, 0.2) is 29.1 Å². The highest BCUT2D eigenvalue weighted by molar-refractivity contribution is 6.35. The topological polar surface area (TPSA) is 62.5 Å². The van der Waals surface area contributed by atoms with Crippen molar-refractivity contribution in [3.8, 4) is 0 Å². The van der Waals surface area contributed by atoms with Gasteiger partial charge in [-0.05, 0) is 36.2 Å². The fourth-order valence-corrected chi connectivity index (χ4v) is 3.90. The monoisotopic (exact) mass is 392 g/mol. The maximum Gasteiger partial charge on any atom is 0.323 e.